The Morgan fingerprint density at radius 3 is 2.75 bits per heavy atom. The Balaban J connectivity index is 3.11. The first-order valence-electron chi connectivity index (χ1n) is 3.35. The van der Waals surface area contributed by atoms with Gasteiger partial charge in [0.1, 0.15) is 0 Å². The Hall–Kier alpha value is -0.400. The van der Waals surface area contributed by atoms with Gasteiger partial charge in [0.15, 0.2) is 0 Å². The second-order valence-corrected chi connectivity index (χ2v) is 4.14. The van der Waals surface area contributed by atoms with E-state index in [9.17, 15) is 0 Å². The lowest BCUT2D eigenvalue weighted by molar-refractivity contribution is 0.908. The molecule has 2 nitrogen and oxygen atoms in total. The van der Waals surface area contributed by atoms with Crippen molar-refractivity contribution >= 4 is 31.9 Å². The van der Waals surface area contributed by atoms with E-state index < -0.39 is 0 Å². The number of aromatic nitrogens is 1. The Bertz CT molecular complexity index is 330. The molecular weight excluding hydrogens is 284 g/mol. The van der Waals surface area contributed by atoms with E-state index in [0.29, 0.717) is 0 Å². The number of nitrogens with zero attached hydrogens (tertiary/aromatic N) is 2. The lowest BCUT2D eigenvalue weighted by atomic mass is 10.1. The fourth-order valence-corrected chi connectivity index (χ4v) is 2.14. The zero-order valence-electron chi connectivity index (χ0n) is 6.38. The fraction of sp³-hybridized carbons (Fsp3) is 0.250. The summed E-state index contributed by atoms with van der Waals surface area (Å²) in [5, 5.41) is 8.66. The van der Waals surface area contributed by atoms with Crippen LogP contribution in [0.5, 0.6) is 0 Å². The van der Waals surface area contributed by atoms with Crippen molar-refractivity contribution in [3.05, 3.63) is 26.9 Å². The van der Waals surface area contributed by atoms with Gasteiger partial charge in [-0.3, -0.25) is 4.98 Å². The Morgan fingerprint density at radius 1 is 1.58 bits per heavy atom. The van der Waals surface area contributed by atoms with Crippen molar-refractivity contribution in [3.8, 4) is 6.07 Å². The molecule has 0 spiro atoms. The van der Waals surface area contributed by atoms with E-state index in [1.807, 2.05) is 13.0 Å². The first-order valence-corrected chi connectivity index (χ1v) is 4.94. The van der Waals surface area contributed by atoms with Gasteiger partial charge in [-0.15, -0.1) is 0 Å². The number of hydrogen-bond acceptors (Lipinski definition) is 2. The topological polar surface area (TPSA) is 36.7 Å². The third kappa shape index (κ3) is 2.05. The molecule has 1 aromatic rings. The molecule has 0 aromatic carbocycles. The molecule has 0 N–H and O–H groups in total. The average Bonchev–Trinajstić information content (AvgIpc) is 2.03. The van der Waals surface area contributed by atoms with Gasteiger partial charge in [-0.2, -0.15) is 5.26 Å². The zero-order valence-corrected chi connectivity index (χ0v) is 9.55. The molecule has 0 saturated carbocycles. The minimum Gasteiger partial charge on any atom is -0.258 e. The van der Waals surface area contributed by atoms with Crippen molar-refractivity contribution in [1.82, 2.24) is 4.98 Å². The number of hydrogen-bond donors (Lipinski definition) is 0. The van der Waals surface area contributed by atoms with E-state index >= 15 is 0 Å². The zero-order chi connectivity index (χ0) is 9.14. The molecule has 4 heteroatoms. The summed E-state index contributed by atoms with van der Waals surface area (Å²) in [6.45, 7) is 1.82. The van der Waals surface area contributed by atoms with Crippen LogP contribution in [0.4, 0.5) is 0 Å². The monoisotopic (exact) mass is 288 g/mol. The molecule has 1 unspecified atom stereocenters. The third-order valence-electron chi connectivity index (χ3n) is 1.44. The Morgan fingerprint density at radius 2 is 2.25 bits per heavy atom. The highest BCUT2D eigenvalue weighted by Crippen LogP contribution is 2.24. The molecule has 12 heavy (non-hydrogen) atoms. The summed E-state index contributed by atoms with van der Waals surface area (Å²) in [6, 6.07) is 4.02. The van der Waals surface area contributed by atoms with Crippen molar-refractivity contribution < 1.29 is 0 Å². The van der Waals surface area contributed by atoms with Crippen LogP contribution in [0.25, 0.3) is 0 Å². The van der Waals surface area contributed by atoms with E-state index in [0.717, 1.165) is 14.6 Å². The quantitative estimate of drug-likeness (QED) is 0.796. The van der Waals surface area contributed by atoms with E-state index in [-0.39, 0.29) is 5.92 Å². The third-order valence-corrected chi connectivity index (χ3v) is 2.51. The minimum absolute atomic E-state index is 0.174. The molecule has 0 fully saturated rings. The predicted octanol–water partition coefficient (Wildman–Crippen LogP) is 3.23. The normalized spacial score (nSPS) is 12.2. The van der Waals surface area contributed by atoms with Gasteiger partial charge >= 0.3 is 0 Å². The summed E-state index contributed by atoms with van der Waals surface area (Å²) in [4.78, 5) is 4.13. The summed E-state index contributed by atoms with van der Waals surface area (Å²) in [5.41, 5.74) is 0.778. The summed E-state index contributed by atoms with van der Waals surface area (Å²) in [5.74, 6) is -0.174. The highest BCUT2D eigenvalue weighted by molar-refractivity contribution is 9.11. The van der Waals surface area contributed by atoms with Crippen LogP contribution in [0, 0.1) is 11.3 Å². The van der Waals surface area contributed by atoms with Crippen LogP contribution in [0.15, 0.2) is 21.2 Å². The molecule has 1 heterocycles. The summed E-state index contributed by atoms with van der Waals surface area (Å²) in [7, 11) is 0. The predicted molar refractivity (Wildman–Crippen MR) is 53.7 cm³/mol. The summed E-state index contributed by atoms with van der Waals surface area (Å²) < 4.78 is 1.77. The van der Waals surface area contributed by atoms with Gasteiger partial charge in [0.2, 0.25) is 0 Å². The molecule has 1 aromatic heterocycles. The number of halogens is 2. The van der Waals surface area contributed by atoms with Gasteiger partial charge < -0.3 is 0 Å². The first kappa shape index (κ1) is 9.69. The van der Waals surface area contributed by atoms with Gasteiger partial charge in [-0.25, -0.2) is 0 Å². The van der Waals surface area contributed by atoms with Crippen LogP contribution in [0.1, 0.15) is 18.5 Å². The van der Waals surface area contributed by atoms with E-state index in [4.69, 9.17) is 5.26 Å². The molecule has 62 valence electrons. The van der Waals surface area contributed by atoms with Crippen LogP contribution in [0.2, 0.25) is 0 Å². The number of rotatable bonds is 1. The van der Waals surface area contributed by atoms with Crippen molar-refractivity contribution in [2.45, 2.75) is 12.8 Å². The summed E-state index contributed by atoms with van der Waals surface area (Å²) >= 11 is 6.64. The van der Waals surface area contributed by atoms with Crippen molar-refractivity contribution in [2.24, 2.45) is 0 Å². The molecule has 0 aliphatic rings. The second kappa shape index (κ2) is 4.01. The first-order chi connectivity index (χ1) is 5.65. The molecule has 0 bridgehead atoms. The van der Waals surface area contributed by atoms with Crippen LogP contribution in [-0.2, 0) is 0 Å². The van der Waals surface area contributed by atoms with Gasteiger partial charge in [0.25, 0.3) is 0 Å². The van der Waals surface area contributed by atoms with E-state index in [1.165, 1.54) is 0 Å². The van der Waals surface area contributed by atoms with Crippen LogP contribution in [0.3, 0.4) is 0 Å². The smallest absolute Gasteiger partial charge is 0.0868 e. The molecule has 0 radical (unpaired) electrons. The molecule has 0 saturated heterocycles. The van der Waals surface area contributed by atoms with E-state index in [2.05, 4.69) is 42.9 Å². The molecule has 0 aliphatic carbocycles. The lowest BCUT2D eigenvalue weighted by Gasteiger charge is -2.04. The van der Waals surface area contributed by atoms with Crippen molar-refractivity contribution in [2.75, 3.05) is 0 Å². The van der Waals surface area contributed by atoms with Gasteiger partial charge in [0, 0.05) is 15.1 Å². The fourth-order valence-electron chi connectivity index (χ4n) is 0.805. The maximum Gasteiger partial charge on any atom is 0.0868 e. The van der Waals surface area contributed by atoms with Gasteiger partial charge in [-0.1, -0.05) is 0 Å². The van der Waals surface area contributed by atoms with Crippen LogP contribution >= 0.6 is 31.9 Å². The molecule has 1 rings (SSSR count). The van der Waals surface area contributed by atoms with E-state index in [1.54, 1.807) is 6.20 Å². The SMILES string of the molecule is CC(C#N)c1ncc(Br)cc1Br. The van der Waals surface area contributed by atoms with Gasteiger partial charge in [0.05, 0.1) is 17.7 Å². The Kier molecular flexibility index (Phi) is 3.24. The number of nitriles is 1. The molecule has 0 amide bonds. The van der Waals surface area contributed by atoms with Gasteiger partial charge in [-0.05, 0) is 44.8 Å². The lowest BCUT2D eigenvalue weighted by Crippen LogP contribution is -1.94. The van der Waals surface area contributed by atoms with Crippen LogP contribution < -0.4 is 0 Å². The number of pyridine rings is 1. The Labute approximate surface area is 87.9 Å². The maximum atomic E-state index is 8.66. The van der Waals surface area contributed by atoms with Crippen molar-refractivity contribution in [1.29, 1.82) is 5.26 Å². The average molecular weight is 290 g/mol. The molecule has 1 atom stereocenters. The minimum atomic E-state index is -0.174. The van der Waals surface area contributed by atoms with Crippen LogP contribution in [-0.4, -0.2) is 4.98 Å². The summed E-state index contributed by atoms with van der Waals surface area (Å²) in [6.07, 6.45) is 1.69. The maximum absolute atomic E-state index is 8.66. The highest BCUT2D eigenvalue weighted by Gasteiger charge is 2.09. The van der Waals surface area contributed by atoms with Crippen molar-refractivity contribution in [3.63, 3.8) is 0 Å². The largest absolute Gasteiger partial charge is 0.258 e. The second-order valence-electron chi connectivity index (χ2n) is 2.37. The highest BCUT2D eigenvalue weighted by atomic mass is 79.9. The molecule has 0 aliphatic heterocycles. The molecular formula is C8H6Br2N2. The standard InChI is InChI=1S/C8H6Br2N2/c1-5(3-11)8-7(10)2-6(9)4-12-8/h2,4-5H,1H3.